The van der Waals surface area contributed by atoms with Gasteiger partial charge in [-0.2, -0.15) is 0 Å². The van der Waals surface area contributed by atoms with E-state index in [0.29, 0.717) is 18.2 Å². The third-order valence-electron chi connectivity index (χ3n) is 2.83. The van der Waals surface area contributed by atoms with Crippen LogP contribution in [0.25, 0.3) is 0 Å². The van der Waals surface area contributed by atoms with Crippen molar-refractivity contribution in [2.75, 3.05) is 18.1 Å². The minimum absolute atomic E-state index is 0.139. The van der Waals surface area contributed by atoms with Gasteiger partial charge in [0.15, 0.2) is 0 Å². The van der Waals surface area contributed by atoms with E-state index in [9.17, 15) is 9.59 Å². The normalized spacial score (nSPS) is 19.1. The van der Waals surface area contributed by atoms with E-state index in [0.717, 1.165) is 0 Å². The van der Waals surface area contributed by atoms with Crippen LogP contribution in [0.2, 0.25) is 0 Å². The Morgan fingerprint density at radius 3 is 3.06 bits per heavy atom. The zero-order valence-electron chi connectivity index (χ0n) is 10.1. The molecule has 18 heavy (non-hydrogen) atoms. The van der Waals surface area contributed by atoms with Gasteiger partial charge in [-0.1, -0.05) is 0 Å². The summed E-state index contributed by atoms with van der Waals surface area (Å²) in [5, 5.41) is 0. The van der Waals surface area contributed by atoms with Crippen molar-refractivity contribution in [2.24, 2.45) is 11.7 Å². The Balaban J connectivity index is 2.19. The van der Waals surface area contributed by atoms with Crippen LogP contribution in [0.3, 0.4) is 0 Å². The summed E-state index contributed by atoms with van der Waals surface area (Å²) in [6.07, 6.45) is 1.72. The fraction of sp³-hybridized carbons (Fsp3) is 0.417. The zero-order chi connectivity index (χ0) is 13.1. The number of anilines is 1. The van der Waals surface area contributed by atoms with Gasteiger partial charge in [0.05, 0.1) is 12.5 Å². The van der Waals surface area contributed by atoms with E-state index in [-0.39, 0.29) is 18.9 Å². The molecule has 96 valence electrons. The molecule has 1 aromatic heterocycles. The van der Waals surface area contributed by atoms with E-state index >= 15 is 0 Å². The van der Waals surface area contributed by atoms with Gasteiger partial charge in [0.2, 0.25) is 11.8 Å². The van der Waals surface area contributed by atoms with Gasteiger partial charge in [-0.15, -0.1) is 0 Å². The fourth-order valence-corrected chi connectivity index (χ4v) is 1.92. The van der Waals surface area contributed by atoms with Crippen molar-refractivity contribution < 1.29 is 14.3 Å². The maximum absolute atomic E-state index is 11.8. The Morgan fingerprint density at radius 2 is 2.44 bits per heavy atom. The Hall–Kier alpha value is -2.11. The summed E-state index contributed by atoms with van der Waals surface area (Å²) in [5.41, 5.74) is 5.21. The molecule has 1 atom stereocenters. The molecule has 1 saturated heterocycles. The van der Waals surface area contributed by atoms with Gasteiger partial charge in [0.1, 0.15) is 11.6 Å². The van der Waals surface area contributed by atoms with E-state index in [1.165, 1.54) is 4.90 Å². The van der Waals surface area contributed by atoms with Crippen LogP contribution in [0.4, 0.5) is 5.82 Å². The SMILES string of the molecule is CCOc1ccnc(N2CC(C(N)=O)CC2=O)c1. The van der Waals surface area contributed by atoms with Gasteiger partial charge in [0.25, 0.3) is 0 Å². The van der Waals surface area contributed by atoms with Crippen LogP contribution >= 0.6 is 0 Å². The minimum Gasteiger partial charge on any atom is -0.494 e. The molecule has 0 saturated carbocycles. The molecule has 1 aromatic rings. The number of carbonyl (C=O) groups excluding carboxylic acids is 2. The van der Waals surface area contributed by atoms with Gasteiger partial charge >= 0.3 is 0 Å². The lowest BCUT2D eigenvalue weighted by atomic mass is 10.1. The molecule has 0 bridgehead atoms. The van der Waals surface area contributed by atoms with Crippen molar-refractivity contribution in [3.05, 3.63) is 18.3 Å². The number of amides is 2. The average Bonchev–Trinajstić information content (AvgIpc) is 2.72. The second kappa shape index (κ2) is 5.03. The molecule has 1 fully saturated rings. The average molecular weight is 249 g/mol. The summed E-state index contributed by atoms with van der Waals surface area (Å²) >= 11 is 0. The van der Waals surface area contributed by atoms with E-state index in [1.54, 1.807) is 18.3 Å². The highest BCUT2D eigenvalue weighted by Crippen LogP contribution is 2.25. The van der Waals surface area contributed by atoms with Gasteiger partial charge in [-0.25, -0.2) is 4.98 Å². The van der Waals surface area contributed by atoms with Crippen molar-refractivity contribution >= 4 is 17.6 Å². The molecular weight excluding hydrogens is 234 g/mol. The van der Waals surface area contributed by atoms with Gasteiger partial charge < -0.3 is 10.5 Å². The fourth-order valence-electron chi connectivity index (χ4n) is 1.92. The Bertz CT molecular complexity index is 475. The number of carbonyl (C=O) groups is 2. The van der Waals surface area contributed by atoms with Crippen LogP contribution in [0, 0.1) is 5.92 Å². The third kappa shape index (κ3) is 2.42. The lowest BCUT2D eigenvalue weighted by Gasteiger charge is -2.15. The van der Waals surface area contributed by atoms with E-state index in [1.807, 2.05) is 6.92 Å². The molecule has 1 unspecified atom stereocenters. The number of nitrogens with zero attached hydrogens (tertiary/aromatic N) is 2. The van der Waals surface area contributed by atoms with Crippen LogP contribution in [0.1, 0.15) is 13.3 Å². The molecule has 6 heteroatoms. The first-order valence-electron chi connectivity index (χ1n) is 5.80. The van der Waals surface area contributed by atoms with Crippen LogP contribution in [0.15, 0.2) is 18.3 Å². The predicted molar refractivity (Wildman–Crippen MR) is 65.1 cm³/mol. The number of rotatable bonds is 4. The van der Waals surface area contributed by atoms with Crippen molar-refractivity contribution in [1.82, 2.24) is 4.98 Å². The lowest BCUT2D eigenvalue weighted by Crippen LogP contribution is -2.28. The maximum atomic E-state index is 11.8. The number of primary amides is 1. The van der Waals surface area contributed by atoms with Crippen molar-refractivity contribution in [3.8, 4) is 5.75 Å². The van der Waals surface area contributed by atoms with Gasteiger partial charge in [0, 0.05) is 25.2 Å². The highest BCUT2D eigenvalue weighted by molar-refractivity contribution is 5.99. The minimum atomic E-state index is -0.452. The topological polar surface area (TPSA) is 85.5 Å². The second-order valence-electron chi connectivity index (χ2n) is 4.09. The van der Waals surface area contributed by atoms with Crippen LogP contribution in [-0.4, -0.2) is 29.9 Å². The van der Waals surface area contributed by atoms with Crippen molar-refractivity contribution in [2.45, 2.75) is 13.3 Å². The molecule has 2 N–H and O–H groups in total. The molecule has 2 rings (SSSR count). The number of aromatic nitrogens is 1. The number of hydrogen-bond donors (Lipinski definition) is 1. The largest absolute Gasteiger partial charge is 0.494 e. The molecule has 2 heterocycles. The van der Waals surface area contributed by atoms with E-state index in [2.05, 4.69) is 4.98 Å². The molecule has 2 amide bonds. The molecular formula is C12H15N3O3. The summed E-state index contributed by atoms with van der Waals surface area (Å²) in [5.74, 6) is 0.120. The van der Waals surface area contributed by atoms with Crippen LogP contribution in [-0.2, 0) is 9.59 Å². The molecule has 0 radical (unpaired) electrons. The summed E-state index contributed by atoms with van der Waals surface area (Å²) in [6, 6.07) is 3.41. The summed E-state index contributed by atoms with van der Waals surface area (Å²) in [7, 11) is 0. The molecule has 1 aliphatic rings. The number of nitrogens with two attached hydrogens (primary N) is 1. The van der Waals surface area contributed by atoms with Crippen LogP contribution < -0.4 is 15.4 Å². The van der Waals surface area contributed by atoms with Crippen molar-refractivity contribution in [3.63, 3.8) is 0 Å². The Labute approximate surface area is 105 Å². The van der Waals surface area contributed by atoms with Gasteiger partial charge in [-0.05, 0) is 13.0 Å². The molecule has 0 spiro atoms. The Kier molecular flexibility index (Phi) is 3.45. The second-order valence-corrected chi connectivity index (χ2v) is 4.09. The Morgan fingerprint density at radius 1 is 1.67 bits per heavy atom. The molecule has 1 aliphatic heterocycles. The highest BCUT2D eigenvalue weighted by Gasteiger charge is 2.34. The number of ether oxygens (including phenoxy) is 1. The molecule has 0 aliphatic carbocycles. The van der Waals surface area contributed by atoms with E-state index < -0.39 is 11.8 Å². The number of hydrogen-bond acceptors (Lipinski definition) is 4. The smallest absolute Gasteiger partial charge is 0.229 e. The summed E-state index contributed by atoms with van der Waals surface area (Å²) in [6.45, 7) is 2.71. The summed E-state index contributed by atoms with van der Waals surface area (Å²) < 4.78 is 5.35. The lowest BCUT2D eigenvalue weighted by molar-refractivity contribution is -0.123. The highest BCUT2D eigenvalue weighted by atomic mass is 16.5. The third-order valence-corrected chi connectivity index (χ3v) is 2.83. The quantitative estimate of drug-likeness (QED) is 0.832. The monoisotopic (exact) mass is 249 g/mol. The first kappa shape index (κ1) is 12.3. The molecule has 6 nitrogen and oxygen atoms in total. The van der Waals surface area contributed by atoms with Crippen LogP contribution in [0.5, 0.6) is 5.75 Å². The summed E-state index contributed by atoms with van der Waals surface area (Å²) in [4.78, 5) is 28.5. The van der Waals surface area contributed by atoms with E-state index in [4.69, 9.17) is 10.5 Å². The maximum Gasteiger partial charge on any atom is 0.229 e. The first-order valence-corrected chi connectivity index (χ1v) is 5.80. The molecule has 0 aromatic carbocycles. The van der Waals surface area contributed by atoms with Crippen molar-refractivity contribution in [1.29, 1.82) is 0 Å². The predicted octanol–water partition coefficient (Wildman–Crippen LogP) is 0.318. The standard InChI is InChI=1S/C12H15N3O3/c1-2-18-9-3-4-14-10(6-9)15-7-8(12(13)17)5-11(15)16/h3-4,6,8H,2,5,7H2,1H3,(H2,13,17). The number of pyridine rings is 1. The first-order chi connectivity index (χ1) is 8.61. The zero-order valence-corrected chi connectivity index (χ0v) is 10.1. The van der Waals surface area contributed by atoms with Gasteiger partial charge in [-0.3, -0.25) is 14.5 Å².